The molecule has 0 aliphatic carbocycles. The molecule has 0 saturated carbocycles. The lowest BCUT2D eigenvalue weighted by Crippen LogP contribution is -2.27. The average molecular weight is 281 g/mol. The number of aromatic nitrogens is 2. The van der Waals surface area contributed by atoms with Gasteiger partial charge in [0.1, 0.15) is 0 Å². The minimum Gasteiger partial charge on any atom is -0.392 e. The summed E-state index contributed by atoms with van der Waals surface area (Å²) in [7, 11) is -3.60. The number of H-pyrrole nitrogens is 1. The third-order valence-corrected chi connectivity index (χ3v) is 4.24. The first kappa shape index (κ1) is 13.7. The number of rotatable bonds is 6. The quantitative estimate of drug-likeness (QED) is 0.715. The Morgan fingerprint density at radius 2 is 2.11 bits per heavy atom. The molecule has 1 aromatic heterocycles. The van der Waals surface area contributed by atoms with Crippen LogP contribution in [-0.2, 0) is 23.1 Å². The molecular formula is C12H15N3O3S. The van der Waals surface area contributed by atoms with Crippen LogP contribution < -0.4 is 4.72 Å². The van der Waals surface area contributed by atoms with Crippen LogP contribution in [0.3, 0.4) is 0 Å². The predicted molar refractivity (Wildman–Crippen MR) is 69.8 cm³/mol. The summed E-state index contributed by atoms with van der Waals surface area (Å²) in [4.78, 5) is 6.87. The van der Waals surface area contributed by atoms with Crippen molar-refractivity contribution in [3.05, 3.63) is 48.0 Å². The van der Waals surface area contributed by atoms with Gasteiger partial charge >= 0.3 is 0 Å². The number of nitrogens with zero attached hydrogens (tertiary/aromatic N) is 1. The van der Waals surface area contributed by atoms with Crippen LogP contribution in [0.4, 0.5) is 0 Å². The molecule has 7 heteroatoms. The highest BCUT2D eigenvalue weighted by molar-refractivity contribution is 7.89. The van der Waals surface area contributed by atoms with Crippen molar-refractivity contribution in [3.63, 3.8) is 0 Å². The molecule has 0 fully saturated rings. The Labute approximate surface area is 111 Å². The van der Waals surface area contributed by atoms with E-state index < -0.39 is 10.0 Å². The topological polar surface area (TPSA) is 95.1 Å². The second-order valence-electron chi connectivity index (χ2n) is 3.99. The lowest BCUT2D eigenvalue weighted by molar-refractivity contribution is 0.278. The molecule has 0 spiro atoms. The van der Waals surface area contributed by atoms with E-state index in [2.05, 4.69) is 14.7 Å². The van der Waals surface area contributed by atoms with Crippen molar-refractivity contribution < 1.29 is 13.5 Å². The number of aliphatic hydroxyl groups is 1. The average Bonchev–Trinajstić information content (AvgIpc) is 2.91. The molecule has 0 aliphatic heterocycles. The van der Waals surface area contributed by atoms with E-state index >= 15 is 0 Å². The molecule has 0 saturated heterocycles. The fraction of sp³-hybridized carbons (Fsp3) is 0.250. The molecule has 0 bridgehead atoms. The predicted octanol–water partition coefficient (Wildman–Crippen LogP) is 0.423. The van der Waals surface area contributed by atoms with Crippen molar-refractivity contribution in [2.45, 2.75) is 17.9 Å². The van der Waals surface area contributed by atoms with Crippen molar-refractivity contribution in [2.75, 3.05) is 6.54 Å². The minimum atomic E-state index is -3.60. The van der Waals surface area contributed by atoms with E-state index in [1.807, 2.05) is 0 Å². The Balaban J connectivity index is 2.05. The molecule has 0 aliphatic rings. The van der Waals surface area contributed by atoms with Gasteiger partial charge in [0, 0.05) is 24.9 Å². The van der Waals surface area contributed by atoms with Gasteiger partial charge in [0.05, 0.1) is 17.8 Å². The number of hydrogen-bond acceptors (Lipinski definition) is 4. The summed E-state index contributed by atoms with van der Waals surface area (Å²) >= 11 is 0. The maximum absolute atomic E-state index is 12.1. The number of benzene rings is 1. The van der Waals surface area contributed by atoms with Crippen LogP contribution in [0.25, 0.3) is 0 Å². The molecule has 19 heavy (non-hydrogen) atoms. The van der Waals surface area contributed by atoms with Crippen molar-refractivity contribution in [3.8, 4) is 0 Å². The molecule has 3 N–H and O–H groups in total. The van der Waals surface area contributed by atoms with Gasteiger partial charge in [-0.15, -0.1) is 0 Å². The maximum Gasteiger partial charge on any atom is 0.240 e. The van der Waals surface area contributed by atoms with Crippen LogP contribution in [0.2, 0.25) is 0 Å². The highest BCUT2D eigenvalue weighted by Gasteiger charge is 2.16. The first-order valence-corrected chi connectivity index (χ1v) is 7.27. The number of imidazole rings is 1. The summed E-state index contributed by atoms with van der Waals surface area (Å²) in [5.41, 5.74) is 1.25. The monoisotopic (exact) mass is 281 g/mol. The second-order valence-corrected chi connectivity index (χ2v) is 5.73. The Morgan fingerprint density at radius 1 is 1.32 bits per heavy atom. The van der Waals surface area contributed by atoms with Crippen molar-refractivity contribution in [1.29, 1.82) is 0 Å². The zero-order valence-corrected chi connectivity index (χ0v) is 11.0. The smallest absolute Gasteiger partial charge is 0.240 e. The van der Waals surface area contributed by atoms with Gasteiger partial charge in [0.25, 0.3) is 0 Å². The SMILES string of the molecule is O=S(=O)(NCCc1cnc[nH]1)c1ccccc1CO. The molecule has 0 atom stereocenters. The fourth-order valence-electron chi connectivity index (χ4n) is 1.72. The largest absolute Gasteiger partial charge is 0.392 e. The molecule has 0 unspecified atom stereocenters. The Kier molecular flexibility index (Phi) is 4.31. The first-order valence-electron chi connectivity index (χ1n) is 5.79. The maximum atomic E-state index is 12.1. The van der Waals surface area contributed by atoms with Crippen LogP contribution in [0.5, 0.6) is 0 Å². The molecule has 0 amide bonds. The third kappa shape index (κ3) is 3.40. The standard InChI is InChI=1S/C12H15N3O3S/c16-8-10-3-1-2-4-12(10)19(17,18)15-6-5-11-7-13-9-14-11/h1-4,7,9,15-16H,5-6,8H2,(H,13,14). The lowest BCUT2D eigenvalue weighted by atomic mass is 10.2. The number of nitrogens with one attached hydrogen (secondary N) is 2. The summed E-state index contributed by atoms with van der Waals surface area (Å²) in [6.45, 7) is -0.0398. The van der Waals surface area contributed by atoms with Gasteiger partial charge in [0.15, 0.2) is 0 Å². The van der Waals surface area contributed by atoms with E-state index in [-0.39, 0.29) is 18.0 Å². The summed E-state index contributed by atoms with van der Waals surface area (Å²) in [5.74, 6) is 0. The van der Waals surface area contributed by atoms with Gasteiger partial charge in [-0.05, 0) is 11.6 Å². The van der Waals surface area contributed by atoms with E-state index in [1.165, 1.54) is 6.07 Å². The van der Waals surface area contributed by atoms with E-state index in [9.17, 15) is 8.42 Å². The zero-order valence-electron chi connectivity index (χ0n) is 10.2. The van der Waals surface area contributed by atoms with Crippen LogP contribution in [0.1, 0.15) is 11.3 Å². The Bertz CT molecular complexity index is 623. The van der Waals surface area contributed by atoms with E-state index in [0.29, 0.717) is 12.0 Å². The normalized spacial score (nSPS) is 11.6. The molecule has 102 valence electrons. The van der Waals surface area contributed by atoms with Gasteiger partial charge in [-0.2, -0.15) is 0 Å². The minimum absolute atomic E-state index is 0.113. The second kappa shape index (κ2) is 5.96. The molecule has 0 radical (unpaired) electrons. The molecule has 2 rings (SSSR count). The van der Waals surface area contributed by atoms with Crippen molar-refractivity contribution >= 4 is 10.0 Å². The summed E-state index contributed by atoms with van der Waals surface area (Å²) in [6, 6.07) is 6.38. The number of aliphatic hydroxyl groups excluding tert-OH is 1. The van der Waals surface area contributed by atoms with Crippen LogP contribution in [0, 0.1) is 0 Å². The number of sulfonamides is 1. The van der Waals surface area contributed by atoms with E-state index in [0.717, 1.165) is 5.69 Å². The Morgan fingerprint density at radius 3 is 2.79 bits per heavy atom. The molecule has 2 aromatic rings. The summed E-state index contributed by atoms with van der Waals surface area (Å²) in [6.07, 6.45) is 3.72. The fourth-order valence-corrected chi connectivity index (χ4v) is 2.98. The lowest BCUT2D eigenvalue weighted by Gasteiger charge is -2.09. The molecule has 1 aromatic carbocycles. The first-order chi connectivity index (χ1) is 9.13. The Hall–Kier alpha value is -1.70. The highest BCUT2D eigenvalue weighted by atomic mass is 32.2. The van der Waals surface area contributed by atoms with Crippen molar-refractivity contribution in [1.82, 2.24) is 14.7 Å². The molecular weight excluding hydrogens is 266 g/mol. The summed E-state index contributed by atoms with van der Waals surface area (Å²) < 4.78 is 26.7. The third-order valence-electron chi connectivity index (χ3n) is 2.67. The van der Waals surface area contributed by atoms with E-state index in [4.69, 9.17) is 5.11 Å². The van der Waals surface area contributed by atoms with Gasteiger partial charge in [-0.3, -0.25) is 0 Å². The van der Waals surface area contributed by atoms with Gasteiger partial charge < -0.3 is 10.1 Å². The molecule has 1 heterocycles. The number of hydrogen-bond donors (Lipinski definition) is 3. The highest BCUT2D eigenvalue weighted by Crippen LogP contribution is 2.14. The van der Waals surface area contributed by atoms with Crippen LogP contribution in [-0.4, -0.2) is 30.0 Å². The molecule has 6 nitrogen and oxygen atoms in total. The summed E-state index contributed by atoms with van der Waals surface area (Å²) in [5, 5.41) is 9.15. The van der Waals surface area contributed by atoms with Crippen LogP contribution in [0.15, 0.2) is 41.7 Å². The van der Waals surface area contributed by atoms with Crippen LogP contribution >= 0.6 is 0 Å². The van der Waals surface area contributed by atoms with Crippen molar-refractivity contribution in [2.24, 2.45) is 0 Å². The van der Waals surface area contributed by atoms with Gasteiger partial charge in [-0.1, -0.05) is 18.2 Å². The zero-order chi connectivity index (χ0) is 13.7. The number of aromatic amines is 1. The van der Waals surface area contributed by atoms with E-state index in [1.54, 1.807) is 30.7 Å². The van der Waals surface area contributed by atoms with Gasteiger partial charge in [-0.25, -0.2) is 18.1 Å². The van der Waals surface area contributed by atoms with Gasteiger partial charge in [0.2, 0.25) is 10.0 Å².